The number of amides is 1. The summed E-state index contributed by atoms with van der Waals surface area (Å²) in [6.45, 7) is 2.72. The summed E-state index contributed by atoms with van der Waals surface area (Å²) in [6.07, 6.45) is 6.98. The molecular formula is C14H22N2O2. The van der Waals surface area contributed by atoms with Crippen molar-refractivity contribution < 1.29 is 9.21 Å². The van der Waals surface area contributed by atoms with E-state index in [9.17, 15) is 4.79 Å². The molecule has 1 saturated carbocycles. The van der Waals surface area contributed by atoms with Gasteiger partial charge in [-0.3, -0.25) is 4.79 Å². The first-order valence-electron chi connectivity index (χ1n) is 6.82. The van der Waals surface area contributed by atoms with Gasteiger partial charge in [0.1, 0.15) is 5.76 Å². The Bertz CT molecular complexity index is 356. The first-order valence-corrected chi connectivity index (χ1v) is 6.82. The van der Waals surface area contributed by atoms with Gasteiger partial charge in [0.25, 0.3) is 0 Å². The van der Waals surface area contributed by atoms with Crippen LogP contribution in [-0.4, -0.2) is 18.5 Å². The topological polar surface area (TPSA) is 54.3 Å². The average molecular weight is 250 g/mol. The summed E-state index contributed by atoms with van der Waals surface area (Å²) in [6, 6.07) is 4.38. The fourth-order valence-corrected chi connectivity index (χ4v) is 2.41. The smallest absolute Gasteiger partial charge is 0.221 e. The summed E-state index contributed by atoms with van der Waals surface area (Å²) < 4.78 is 5.30. The van der Waals surface area contributed by atoms with Crippen molar-refractivity contribution in [2.45, 2.75) is 51.1 Å². The van der Waals surface area contributed by atoms with E-state index in [2.05, 4.69) is 10.6 Å². The SMILES string of the molecule is C[C@@H](NCCC(=O)NC1CCCC1)c1ccco1. The summed E-state index contributed by atoms with van der Waals surface area (Å²) in [4.78, 5) is 11.7. The van der Waals surface area contributed by atoms with Crippen molar-refractivity contribution in [1.29, 1.82) is 0 Å². The lowest BCUT2D eigenvalue weighted by atomic mass is 10.2. The van der Waals surface area contributed by atoms with E-state index in [4.69, 9.17) is 4.42 Å². The molecule has 0 aromatic carbocycles. The molecule has 100 valence electrons. The molecule has 1 atom stereocenters. The molecule has 1 fully saturated rings. The number of furan rings is 1. The van der Waals surface area contributed by atoms with Crippen molar-refractivity contribution >= 4 is 5.91 Å². The second-order valence-corrected chi connectivity index (χ2v) is 4.99. The fourth-order valence-electron chi connectivity index (χ4n) is 2.41. The highest BCUT2D eigenvalue weighted by atomic mass is 16.3. The van der Waals surface area contributed by atoms with Crippen LogP contribution in [0.1, 0.15) is 50.8 Å². The Kier molecular flexibility index (Phi) is 4.81. The maximum atomic E-state index is 11.7. The van der Waals surface area contributed by atoms with Gasteiger partial charge in [-0.25, -0.2) is 0 Å². The molecule has 0 saturated heterocycles. The molecule has 18 heavy (non-hydrogen) atoms. The van der Waals surface area contributed by atoms with E-state index in [0.717, 1.165) is 18.6 Å². The van der Waals surface area contributed by atoms with Crippen molar-refractivity contribution in [2.24, 2.45) is 0 Å². The maximum Gasteiger partial charge on any atom is 0.221 e. The van der Waals surface area contributed by atoms with Crippen molar-refractivity contribution in [3.63, 3.8) is 0 Å². The molecule has 0 spiro atoms. The van der Waals surface area contributed by atoms with Crippen molar-refractivity contribution in [2.75, 3.05) is 6.54 Å². The minimum Gasteiger partial charge on any atom is -0.468 e. The lowest BCUT2D eigenvalue weighted by molar-refractivity contribution is -0.121. The van der Waals surface area contributed by atoms with Gasteiger partial charge in [-0.2, -0.15) is 0 Å². The van der Waals surface area contributed by atoms with Crippen LogP contribution in [0.3, 0.4) is 0 Å². The molecule has 4 heteroatoms. The average Bonchev–Trinajstić information content (AvgIpc) is 3.00. The van der Waals surface area contributed by atoms with E-state index in [0.29, 0.717) is 19.0 Å². The second-order valence-electron chi connectivity index (χ2n) is 4.99. The number of hydrogen-bond donors (Lipinski definition) is 2. The van der Waals surface area contributed by atoms with E-state index in [1.165, 1.54) is 12.8 Å². The van der Waals surface area contributed by atoms with E-state index in [1.807, 2.05) is 19.1 Å². The highest BCUT2D eigenvalue weighted by molar-refractivity contribution is 5.76. The van der Waals surface area contributed by atoms with Crippen LogP contribution in [0, 0.1) is 0 Å². The van der Waals surface area contributed by atoms with Gasteiger partial charge in [-0.05, 0) is 31.9 Å². The fraction of sp³-hybridized carbons (Fsp3) is 0.643. The summed E-state index contributed by atoms with van der Waals surface area (Å²) in [5, 5.41) is 6.37. The first-order chi connectivity index (χ1) is 8.75. The van der Waals surface area contributed by atoms with Gasteiger partial charge in [-0.1, -0.05) is 12.8 Å². The molecule has 0 bridgehead atoms. The van der Waals surface area contributed by atoms with Crippen LogP contribution in [0.2, 0.25) is 0 Å². The largest absolute Gasteiger partial charge is 0.468 e. The number of carbonyl (C=O) groups is 1. The molecule has 1 aromatic heterocycles. The van der Waals surface area contributed by atoms with E-state index >= 15 is 0 Å². The molecule has 1 aromatic rings. The molecule has 1 amide bonds. The number of nitrogens with one attached hydrogen (secondary N) is 2. The Hall–Kier alpha value is -1.29. The lowest BCUT2D eigenvalue weighted by Gasteiger charge is -2.13. The number of rotatable bonds is 6. The summed E-state index contributed by atoms with van der Waals surface area (Å²) in [5.41, 5.74) is 0. The van der Waals surface area contributed by atoms with Gasteiger partial charge in [0.05, 0.1) is 12.3 Å². The summed E-state index contributed by atoms with van der Waals surface area (Å²) >= 11 is 0. The van der Waals surface area contributed by atoms with Gasteiger partial charge in [-0.15, -0.1) is 0 Å². The molecular weight excluding hydrogens is 228 g/mol. The van der Waals surface area contributed by atoms with Crippen LogP contribution in [0.4, 0.5) is 0 Å². The molecule has 0 aliphatic heterocycles. The summed E-state index contributed by atoms with van der Waals surface area (Å²) in [5.74, 6) is 1.06. The number of carbonyl (C=O) groups excluding carboxylic acids is 1. The highest BCUT2D eigenvalue weighted by Crippen LogP contribution is 2.17. The molecule has 0 radical (unpaired) electrons. The molecule has 2 N–H and O–H groups in total. The summed E-state index contributed by atoms with van der Waals surface area (Å²) in [7, 11) is 0. The number of hydrogen-bond acceptors (Lipinski definition) is 3. The second kappa shape index (κ2) is 6.59. The van der Waals surface area contributed by atoms with Gasteiger partial charge in [0.2, 0.25) is 5.91 Å². The maximum absolute atomic E-state index is 11.7. The van der Waals surface area contributed by atoms with Crippen molar-refractivity contribution in [3.8, 4) is 0 Å². The first kappa shape index (κ1) is 13.1. The van der Waals surface area contributed by atoms with Gasteiger partial charge in [0, 0.05) is 19.0 Å². The quantitative estimate of drug-likeness (QED) is 0.815. The van der Waals surface area contributed by atoms with Crippen molar-refractivity contribution in [3.05, 3.63) is 24.2 Å². The molecule has 4 nitrogen and oxygen atoms in total. The molecule has 0 unspecified atom stereocenters. The normalized spacial score (nSPS) is 17.8. The van der Waals surface area contributed by atoms with Crippen LogP contribution in [0.5, 0.6) is 0 Å². The standard InChI is InChI=1S/C14H22N2O2/c1-11(13-7-4-10-18-13)15-9-8-14(17)16-12-5-2-3-6-12/h4,7,10-12,15H,2-3,5-6,8-9H2,1H3,(H,16,17)/t11-/m1/s1. The third-order valence-electron chi connectivity index (χ3n) is 3.49. The molecule has 1 aliphatic carbocycles. The van der Waals surface area contributed by atoms with Gasteiger partial charge >= 0.3 is 0 Å². The Morgan fingerprint density at radius 1 is 1.50 bits per heavy atom. The van der Waals surface area contributed by atoms with Gasteiger partial charge < -0.3 is 15.1 Å². The van der Waals surface area contributed by atoms with Crippen LogP contribution in [0.15, 0.2) is 22.8 Å². The van der Waals surface area contributed by atoms with E-state index < -0.39 is 0 Å². The Morgan fingerprint density at radius 3 is 2.94 bits per heavy atom. The lowest BCUT2D eigenvalue weighted by Crippen LogP contribution is -2.34. The van der Waals surface area contributed by atoms with E-state index in [1.54, 1.807) is 6.26 Å². The zero-order valence-electron chi connectivity index (χ0n) is 10.9. The van der Waals surface area contributed by atoms with Crippen LogP contribution < -0.4 is 10.6 Å². The van der Waals surface area contributed by atoms with Crippen molar-refractivity contribution in [1.82, 2.24) is 10.6 Å². The Morgan fingerprint density at radius 2 is 2.28 bits per heavy atom. The Labute approximate surface area is 108 Å². The Balaban J connectivity index is 1.61. The van der Waals surface area contributed by atoms with Crippen LogP contribution >= 0.6 is 0 Å². The van der Waals surface area contributed by atoms with Gasteiger partial charge in [0.15, 0.2) is 0 Å². The molecule has 1 aliphatic rings. The predicted molar refractivity (Wildman–Crippen MR) is 70.1 cm³/mol. The predicted octanol–water partition coefficient (Wildman–Crippen LogP) is 2.38. The molecule has 2 rings (SSSR count). The zero-order valence-corrected chi connectivity index (χ0v) is 10.9. The van der Waals surface area contributed by atoms with Crippen LogP contribution in [-0.2, 0) is 4.79 Å². The third kappa shape index (κ3) is 3.88. The third-order valence-corrected chi connectivity index (χ3v) is 3.49. The minimum atomic E-state index is 0.152. The zero-order chi connectivity index (χ0) is 12.8. The van der Waals surface area contributed by atoms with E-state index in [-0.39, 0.29) is 11.9 Å². The van der Waals surface area contributed by atoms with Crippen LogP contribution in [0.25, 0.3) is 0 Å². The minimum absolute atomic E-state index is 0.152. The highest BCUT2D eigenvalue weighted by Gasteiger charge is 2.16. The monoisotopic (exact) mass is 250 g/mol. The molecule has 1 heterocycles.